The van der Waals surface area contributed by atoms with E-state index in [0.717, 1.165) is 0 Å². The fourth-order valence-corrected chi connectivity index (χ4v) is 6.19. The Bertz CT molecular complexity index is 1540. The van der Waals surface area contributed by atoms with Crippen LogP contribution in [0.5, 0.6) is 11.6 Å². The lowest BCUT2D eigenvalue weighted by Crippen LogP contribution is -2.43. The van der Waals surface area contributed by atoms with Gasteiger partial charge in [0.05, 0.1) is 25.9 Å². The molecule has 0 saturated carbocycles. The van der Waals surface area contributed by atoms with Crippen molar-refractivity contribution in [3.8, 4) is 11.6 Å². The first kappa shape index (κ1) is 30.3. The Hall–Kier alpha value is -3.64. The number of rotatable bonds is 11. The van der Waals surface area contributed by atoms with Gasteiger partial charge in [0.15, 0.2) is 4.90 Å². The molecule has 0 amide bonds. The van der Waals surface area contributed by atoms with Crippen LogP contribution in [-0.4, -0.2) is 50.5 Å². The van der Waals surface area contributed by atoms with E-state index in [0.29, 0.717) is 12.1 Å². The summed E-state index contributed by atoms with van der Waals surface area (Å²) in [7, 11) is -2.94. The molecule has 2 aromatic carbocycles. The Labute approximate surface area is 242 Å². The lowest BCUT2D eigenvalue weighted by molar-refractivity contribution is -0.141. The first-order chi connectivity index (χ1) is 19.6. The van der Waals surface area contributed by atoms with Gasteiger partial charge >= 0.3 is 5.97 Å². The molecule has 0 fully saturated rings. The van der Waals surface area contributed by atoms with Crippen molar-refractivity contribution < 1.29 is 36.2 Å². The first-order valence-electron chi connectivity index (χ1n) is 12.9. The monoisotopic (exact) mass is 609 g/mol. The van der Waals surface area contributed by atoms with Crippen LogP contribution in [0.15, 0.2) is 47.5 Å². The summed E-state index contributed by atoms with van der Waals surface area (Å²) in [5, 5.41) is 4.41. The Balaban J connectivity index is 1.77. The van der Waals surface area contributed by atoms with Crippen LogP contribution in [0.25, 0.3) is 12.2 Å². The maximum atomic E-state index is 14.1. The zero-order valence-electron chi connectivity index (χ0n) is 22.7. The molecule has 1 atom stereocenters. The molecule has 220 valence electrons. The highest BCUT2D eigenvalue weighted by Gasteiger charge is 2.38. The van der Waals surface area contributed by atoms with Gasteiger partial charge in [0, 0.05) is 35.3 Å². The minimum atomic E-state index is -4.22. The number of nitrogens with zero attached hydrogens (tertiary/aromatic N) is 3. The fraction of sp³-hybridized carbons (Fsp3) is 0.357. The van der Waals surface area contributed by atoms with Crippen molar-refractivity contribution in [2.24, 2.45) is 0 Å². The second-order valence-electron chi connectivity index (χ2n) is 9.08. The summed E-state index contributed by atoms with van der Waals surface area (Å²) in [5.74, 6) is -0.193. The number of aromatic nitrogens is 2. The molecular formula is C28H30ClF2N3O6S. The van der Waals surface area contributed by atoms with E-state index in [1.54, 1.807) is 31.2 Å². The molecule has 3 aromatic rings. The summed E-state index contributed by atoms with van der Waals surface area (Å²) in [6.45, 7) is 4.09. The number of halogens is 3. The number of fused-ring (bicyclic) bond motifs is 1. The average Bonchev–Trinajstić information content (AvgIpc) is 3.38. The molecule has 0 bridgehead atoms. The molecule has 0 unspecified atom stereocenters. The van der Waals surface area contributed by atoms with Crippen LogP contribution < -0.4 is 13.8 Å². The molecule has 13 heteroatoms. The molecule has 1 aliphatic rings. The van der Waals surface area contributed by atoms with Crippen LogP contribution in [0, 0.1) is 0 Å². The van der Waals surface area contributed by atoms with Crippen molar-refractivity contribution in [3.05, 3.63) is 64.3 Å². The second-order valence-corrected chi connectivity index (χ2v) is 11.3. The van der Waals surface area contributed by atoms with Gasteiger partial charge in [-0.15, -0.1) is 5.10 Å². The number of alkyl halides is 2. The van der Waals surface area contributed by atoms with E-state index in [1.165, 1.54) is 46.6 Å². The summed E-state index contributed by atoms with van der Waals surface area (Å²) >= 11 is 6.19. The zero-order chi connectivity index (χ0) is 29.7. The van der Waals surface area contributed by atoms with Crippen LogP contribution in [0.3, 0.4) is 0 Å². The second kappa shape index (κ2) is 12.9. The number of ether oxygens (including phenoxy) is 3. The van der Waals surface area contributed by atoms with E-state index in [4.69, 9.17) is 25.8 Å². The molecule has 1 aromatic heterocycles. The molecule has 0 N–H and O–H groups in total. The molecule has 0 radical (unpaired) electrons. The predicted molar refractivity (Wildman–Crippen MR) is 151 cm³/mol. The van der Waals surface area contributed by atoms with Crippen molar-refractivity contribution in [1.82, 2.24) is 9.78 Å². The molecule has 41 heavy (non-hydrogen) atoms. The number of esters is 1. The van der Waals surface area contributed by atoms with E-state index < -0.39 is 28.5 Å². The number of sulfonamides is 1. The van der Waals surface area contributed by atoms with Crippen LogP contribution >= 0.6 is 11.6 Å². The minimum absolute atomic E-state index is 0.0252. The summed E-state index contributed by atoms with van der Waals surface area (Å²) in [6.07, 6.45) is 1.32. The third-order valence-electron chi connectivity index (χ3n) is 6.45. The Morgan fingerprint density at radius 3 is 2.71 bits per heavy atom. The number of carbonyl (C=O) groups excluding carboxylic acids is 1. The highest BCUT2D eigenvalue weighted by atomic mass is 35.5. The summed E-state index contributed by atoms with van der Waals surface area (Å²) in [6, 6.07) is 9.12. The summed E-state index contributed by atoms with van der Waals surface area (Å²) < 4.78 is 74.3. The van der Waals surface area contributed by atoms with Gasteiger partial charge in [0.1, 0.15) is 11.9 Å². The van der Waals surface area contributed by atoms with E-state index in [1.807, 2.05) is 6.92 Å². The van der Waals surface area contributed by atoms with Gasteiger partial charge < -0.3 is 14.2 Å². The van der Waals surface area contributed by atoms with Crippen molar-refractivity contribution in [1.29, 1.82) is 0 Å². The molecule has 1 aliphatic heterocycles. The number of aryl methyl sites for hydroxylation is 1. The lowest BCUT2D eigenvalue weighted by Gasteiger charge is -2.35. The van der Waals surface area contributed by atoms with Crippen molar-refractivity contribution >= 4 is 45.4 Å². The quantitative estimate of drug-likeness (QED) is 0.195. The van der Waals surface area contributed by atoms with Gasteiger partial charge in [-0.1, -0.05) is 42.0 Å². The number of carbonyl (C=O) groups is 1. The van der Waals surface area contributed by atoms with Gasteiger partial charge in [-0.05, 0) is 44.0 Å². The summed E-state index contributed by atoms with van der Waals surface area (Å²) in [5.41, 5.74) is 0.708. The van der Waals surface area contributed by atoms with E-state index >= 15 is 0 Å². The number of hydrogen-bond acceptors (Lipinski definition) is 7. The number of anilines is 1. The van der Waals surface area contributed by atoms with Gasteiger partial charge in [0.2, 0.25) is 0 Å². The highest BCUT2D eigenvalue weighted by Crippen LogP contribution is 2.40. The molecule has 9 nitrogen and oxygen atoms in total. The topological polar surface area (TPSA) is 100.0 Å². The molecule has 0 aliphatic carbocycles. The molecule has 0 saturated heterocycles. The zero-order valence-corrected chi connectivity index (χ0v) is 24.3. The summed E-state index contributed by atoms with van der Waals surface area (Å²) in [4.78, 5) is 11.7. The van der Waals surface area contributed by atoms with Crippen molar-refractivity contribution in [2.75, 3.05) is 24.6 Å². The van der Waals surface area contributed by atoms with Gasteiger partial charge in [-0.25, -0.2) is 17.2 Å². The van der Waals surface area contributed by atoms with Crippen LogP contribution in [0.1, 0.15) is 49.8 Å². The highest BCUT2D eigenvalue weighted by molar-refractivity contribution is 7.93. The standard InChI is InChI=1S/C28H30ClF2N3O6S/c1-4-33-17-25(28(32-33)39-5-2)41(36,37)34-16-19(11-14-26(35)38-3)40-24-13-10-18(15-23(24)34)9-12-20-21(27(30)31)7-6-8-22(20)29/h6-10,12-13,15,17,19,27H,4-5,11,14,16H2,1-3H3/b12-9+/t19-/m0/s1. The molecule has 0 spiro atoms. The third kappa shape index (κ3) is 6.65. The van der Waals surface area contributed by atoms with Crippen LogP contribution in [-0.2, 0) is 26.1 Å². The van der Waals surface area contributed by atoms with E-state index in [9.17, 15) is 22.0 Å². The van der Waals surface area contributed by atoms with Gasteiger partial charge in [-0.3, -0.25) is 13.8 Å². The predicted octanol–water partition coefficient (Wildman–Crippen LogP) is 5.97. The van der Waals surface area contributed by atoms with Crippen molar-refractivity contribution in [3.63, 3.8) is 0 Å². The number of methoxy groups -OCH3 is 1. The largest absolute Gasteiger partial charge is 0.486 e. The maximum Gasteiger partial charge on any atom is 0.305 e. The van der Waals surface area contributed by atoms with E-state index in [2.05, 4.69) is 5.10 Å². The van der Waals surface area contributed by atoms with Crippen LogP contribution in [0.4, 0.5) is 14.5 Å². The Kier molecular flexibility index (Phi) is 9.54. The molecule has 4 rings (SSSR count). The maximum absolute atomic E-state index is 14.1. The Morgan fingerprint density at radius 1 is 1.24 bits per heavy atom. The van der Waals surface area contributed by atoms with Crippen LogP contribution in [0.2, 0.25) is 5.02 Å². The molecular weight excluding hydrogens is 580 g/mol. The number of hydrogen-bond donors (Lipinski definition) is 0. The smallest absolute Gasteiger partial charge is 0.305 e. The molecule has 2 heterocycles. The van der Waals surface area contributed by atoms with Gasteiger partial charge in [0.25, 0.3) is 22.3 Å². The first-order valence-corrected chi connectivity index (χ1v) is 14.8. The fourth-order valence-electron chi connectivity index (χ4n) is 4.37. The van der Waals surface area contributed by atoms with Gasteiger partial charge in [-0.2, -0.15) is 0 Å². The van der Waals surface area contributed by atoms with Crippen molar-refractivity contribution in [2.45, 2.75) is 50.7 Å². The number of benzene rings is 2. The van der Waals surface area contributed by atoms with E-state index in [-0.39, 0.29) is 64.4 Å². The lowest BCUT2D eigenvalue weighted by atomic mass is 10.0. The average molecular weight is 610 g/mol. The minimum Gasteiger partial charge on any atom is -0.486 e. The SMILES string of the molecule is CCOc1nn(CC)cc1S(=O)(=O)N1C[C@H](CCC(=O)OC)Oc2ccc(/C=C/c3c(Cl)cccc3C(F)F)cc21. The normalized spacial score (nSPS) is 15.2. The Morgan fingerprint density at radius 2 is 2.02 bits per heavy atom. The third-order valence-corrected chi connectivity index (χ3v) is 8.54.